The molecule has 0 fully saturated rings. The van der Waals surface area contributed by atoms with Crippen molar-refractivity contribution in [1.82, 2.24) is 10.4 Å². The molecule has 20 heavy (non-hydrogen) atoms. The molecule has 5 heteroatoms. The van der Waals surface area contributed by atoms with E-state index >= 15 is 0 Å². The molecule has 1 aliphatic heterocycles. The lowest BCUT2D eigenvalue weighted by Crippen LogP contribution is -2.28. The average Bonchev–Trinajstić information content (AvgIpc) is 2.95. The molecule has 1 unspecified atom stereocenters. The molecule has 2 rings (SSSR count). The smallest absolute Gasteiger partial charge is 0.243 e. The summed E-state index contributed by atoms with van der Waals surface area (Å²) in [6, 6.07) is 9.39. The van der Waals surface area contributed by atoms with Gasteiger partial charge in [-0.1, -0.05) is 42.0 Å². The second kappa shape index (κ2) is 6.98. The van der Waals surface area contributed by atoms with E-state index in [1.807, 2.05) is 36.4 Å². The van der Waals surface area contributed by atoms with Crippen LogP contribution in [0.1, 0.15) is 24.4 Å². The van der Waals surface area contributed by atoms with Crippen LogP contribution in [0.2, 0.25) is 0 Å². The molecule has 0 saturated heterocycles. The molecular formula is C15H18N2O3. The fraction of sp³-hybridized carbons (Fsp3) is 0.333. The maximum absolute atomic E-state index is 11.3. The van der Waals surface area contributed by atoms with Crippen LogP contribution in [0.15, 0.2) is 42.0 Å². The number of hydrogen-bond acceptors (Lipinski definition) is 4. The van der Waals surface area contributed by atoms with Crippen LogP contribution in [-0.4, -0.2) is 35.4 Å². The van der Waals surface area contributed by atoms with E-state index in [2.05, 4.69) is 4.90 Å². The van der Waals surface area contributed by atoms with E-state index in [-0.39, 0.29) is 18.4 Å². The van der Waals surface area contributed by atoms with Crippen LogP contribution < -0.4 is 5.48 Å². The second-order valence-electron chi connectivity index (χ2n) is 4.82. The van der Waals surface area contributed by atoms with E-state index in [0.717, 1.165) is 17.4 Å². The number of nitrogens with one attached hydrogen (secondary N) is 1. The molecule has 106 valence electrons. The number of hydroxylamine groups is 1. The third-order valence-electron chi connectivity index (χ3n) is 3.48. The van der Waals surface area contributed by atoms with Crippen molar-refractivity contribution in [3.05, 3.63) is 47.5 Å². The maximum atomic E-state index is 11.3. The molecule has 0 spiro atoms. The predicted octanol–water partition coefficient (Wildman–Crippen LogP) is 1.45. The minimum atomic E-state index is -0.389. The summed E-state index contributed by atoms with van der Waals surface area (Å²) in [4.78, 5) is 24.4. The number of nitrogens with zero attached hydrogens (tertiary/aromatic N) is 1. The fourth-order valence-corrected chi connectivity index (χ4v) is 2.39. The third-order valence-corrected chi connectivity index (χ3v) is 3.48. The minimum absolute atomic E-state index is 0.253. The van der Waals surface area contributed by atoms with Crippen molar-refractivity contribution < 1.29 is 14.8 Å². The molecule has 1 amide bonds. The molecule has 0 saturated carbocycles. The van der Waals surface area contributed by atoms with E-state index in [4.69, 9.17) is 5.21 Å². The van der Waals surface area contributed by atoms with Crippen LogP contribution >= 0.6 is 0 Å². The molecular weight excluding hydrogens is 256 g/mol. The monoisotopic (exact) mass is 274 g/mol. The number of rotatable bonds is 6. The third kappa shape index (κ3) is 3.53. The Balaban J connectivity index is 1.93. The van der Waals surface area contributed by atoms with Crippen molar-refractivity contribution in [1.29, 1.82) is 0 Å². The predicted molar refractivity (Wildman–Crippen MR) is 74.1 cm³/mol. The van der Waals surface area contributed by atoms with E-state index in [9.17, 15) is 9.59 Å². The van der Waals surface area contributed by atoms with Gasteiger partial charge in [-0.3, -0.25) is 14.9 Å². The molecule has 1 aliphatic rings. The number of benzene rings is 1. The van der Waals surface area contributed by atoms with Gasteiger partial charge in [0.2, 0.25) is 5.91 Å². The van der Waals surface area contributed by atoms with Crippen LogP contribution in [0.4, 0.5) is 0 Å². The molecule has 0 radical (unpaired) electrons. The first kappa shape index (κ1) is 14.4. The highest BCUT2D eigenvalue weighted by molar-refractivity contribution is 5.74. The van der Waals surface area contributed by atoms with Crippen molar-refractivity contribution in [3.8, 4) is 0 Å². The van der Waals surface area contributed by atoms with Gasteiger partial charge in [0.15, 0.2) is 0 Å². The van der Waals surface area contributed by atoms with Gasteiger partial charge in [0.1, 0.15) is 6.29 Å². The van der Waals surface area contributed by atoms with E-state index < -0.39 is 0 Å². The van der Waals surface area contributed by atoms with Crippen molar-refractivity contribution >= 4 is 12.2 Å². The van der Waals surface area contributed by atoms with Crippen LogP contribution in [0.3, 0.4) is 0 Å². The van der Waals surface area contributed by atoms with Gasteiger partial charge in [-0.15, -0.1) is 0 Å². The van der Waals surface area contributed by atoms with Gasteiger partial charge in [0, 0.05) is 19.5 Å². The molecule has 0 bridgehead atoms. The Morgan fingerprint density at radius 1 is 1.40 bits per heavy atom. The van der Waals surface area contributed by atoms with E-state index in [1.54, 1.807) is 5.48 Å². The fourth-order valence-electron chi connectivity index (χ4n) is 2.39. The van der Waals surface area contributed by atoms with Crippen molar-refractivity contribution in [3.63, 3.8) is 0 Å². The van der Waals surface area contributed by atoms with Crippen LogP contribution in [0, 0.1) is 0 Å². The van der Waals surface area contributed by atoms with Crippen molar-refractivity contribution in [2.24, 2.45) is 0 Å². The standard InChI is InChI=1S/C15H18N2O3/c18-11-14(13-4-2-1-3-5-13)17-9-8-12(10-17)6-7-15(19)16-20/h1-5,8,11,14,20H,6-7,9-10H2,(H,16,19). The summed E-state index contributed by atoms with van der Waals surface area (Å²) in [5.74, 6) is -0.389. The van der Waals surface area contributed by atoms with E-state index in [1.165, 1.54) is 0 Å². The maximum Gasteiger partial charge on any atom is 0.243 e. The molecule has 0 aromatic heterocycles. The van der Waals surface area contributed by atoms with Crippen molar-refractivity contribution in [2.45, 2.75) is 18.9 Å². The summed E-state index contributed by atoms with van der Waals surface area (Å²) >= 11 is 0. The highest BCUT2D eigenvalue weighted by Gasteiger charge is 2.23. The summed E-state index contributed by atoms with van der Waals surface area (Å²) in [5.41, 5.74) is 3.72. The zero-order chi connectivity index (χ0) is 14.4. The van der Waals surface area contributed by atoms with Gasteiger partial charge in [-0.2, -0.15) is 0 Å². The van der Waals surface area contributed by atoms with E-state index in [0.29, 0.717) is 19.5 Å². The number of aldehydes is 1. The number of amides is 1. The molecule has 1 aromatic carbocycles. The van der Waals surface area contributed by atoms with Crippen LogP contribution in [-0.2, 0) is 9.59 Å². The Kier molecular flexibility index (Phi) is 5.03. The van der Waals surface area contributed by atoms with Crippen molar-refractivity contribution in [2.75, 3.05) is 13.1 Å². The quantitative estimate of drug-likeness (QED) is 0.356. The summed E-state index contributed by atoms with van der Waals surface area (Å²) < 4.78 is 0. The Labute approximate surface area is 117 Å². The Morgan fingerprint density at radius 2 is 2.15 bits per heavy atom. The molecule has 5 nitrogen and oxygen atoms in total. The molecule has 1 atom stereocenters. The largest absolute Gasteiger partial charge is 0.301 e. The molecule has 1 aromatic rings. The summed E-state index contributed by atoms with van der Waals surface area (Å²) in [5, 5.41) is 8.46. The summed E-state index contributed by atoms with van der Waals surface area (Å²) in [6.45, 7) is 1.38. The number of hydrogen-bond donors (Lipinski definition) is 2. The van der Waals surface area contributed by atoms with Gasteiger partial charge in [-0.25, -0.2) is 5.48 Å². The average molecular weight is 274 g/mol. The first-order chi connectivity index (χ1) is 9.74. The Bertz CT molecular complexity index is 499. The normalized spacial score (nSPS) is 16.6. The highest BCUT2D eigenvalue weighted by Crippen LogP contribution is 2.24. The topological polar surface area (TPSA) is 69.6 Å². The molecule has 1 heterocycles. The number of carbonyl (C=O) groups is 2. The first-order valence-corrected chi connectivity index (χ1v) is 6.59. The van der Waals surface area contributed by atoms with Gasteiger partial charge in [-0.05, 0) is 12.0 Å². The Hall–Kier alpha value is -1.98. The van der Waals surface area contributed by atoms with Crippen LogP contribution in [0.25, 0.3) is 0 Å². The zero-order valence-corrected chi connectivity index (χ0v) is 11.2. The SMILES string of the molecule is O=CC(c1ccccc1)N1CC=C(CCC(=O)NO)C1. The Morgan fingerprint density at radius 3 is 2.80 bits per heavy atom. The van der Waals surface area contributed by atoms with Crippen LogP contribution in [0.5, 0.6) is 0 Å². The summed E-state index contributed by atoms with van der Waals surface area (Å²) in [6.07, 6.45) is 3.85. The molecule has 0 aliphatic carbocycles. The van der Waals surface area contributed by atoms with Gasteiger partial charge in [0.25, 0.3) is 0 Å². The lowest BCUT2D eigenvalue weighted by atomic mass is 10.1. The lowest BCUT2D eigenvalue weighted by Gasteiger charge is -2.23. The lowest BCUT2D eigenvalue weighted by molar-refractivity contribution is -0.129. The van der Waals surface area contributed by atoms with Gasteiger partial charge in [0.05, 0.1) is 6.04 Å². The highest BCUT2D eigenvalue weighted by atomic mass is 16.5. The molecule has 2 N–H and O–H groups in total. The van der Waals surface area contributed by atoms with Gasteiger partial charge >= 0.3 is 0 Å². The minimum Gasteiger partial charge on any atom is -0.301 e. The first-order valence-electron chi connectivity index (χ1n) is 6.59. The number of carbonyl (C=O) groups excluding carboxylic acids is 2. The zero-order valence-electron chi connectivity index (χ0n) is 11.2. The summed E-state index contributed by atoms with van der Waals surface area (Å²) in [7, 11) is 0. The second-order valence-corrected chi connectivity index (χ2v) is 4.82. The van der Waals surface area contributed by atoms with Gasteiger partial charge < -0.3 is 4.79 Å².